The van der Waals surface area contributed by atoms with Gasteiger partial charge in [-0.15, -0.1) is 11.3 Å². The van der Waals surface area contributed by atoms with Gasteiger partial charge in [0.2, 0.25) is 0 Å². The van der Waals surface area contributed by atoms with Crippen molar-refractivity contribution >= 4 is 49.9 Å². The molecule has 1 aromatic carbocycles. The fourth-order valence-corrected chi connectivity index (χ4v) is 3.62. The number of nitrogens with one attached hydrogen (secondary N) is 2. The predicted molar refractivity (Wildman–Crippen MR) is 79.0 cm³/mol. The van der Waals surface area contributed by atoms with Crippen molar-refractivity contribution in [3.05, 3.63) is 55.6 Å². The van der Waals surface area contributed by atoms with Crippen molar-refractivity contribution in [3.8, 4) is 0 Å². The minimum absolute atomic E-state index is 0.0813. The molecule has 3 rings (SSSR count). The second-order valence-electron chi connectivity index (χ2n) is 3.89. The number of benzene rings is 1. The van der Waals surface area contributed by atoms with Crippen LogP contribution in [0.4, 0.5) is 0 Å². The van der Waals surface area contributed by atoms with Gasteiger partial charge >= 0.3 is 5.69 Å². The molecule has 1 unspecified atom stereocenters. The first kappa shape index (κ1) is 12.0. The van der Waals surface area contributed by atoms with Gasteiger partial charge in [-0.1, -0.05) is 33.6 Å². The molecule has 2 heterocycles. The molecular formula is C12H8BrClN2OS. The molecule has 92 valence electrons. The number of alkyl halides is 1. The summed E-state index contributed by atoms with van der Waals surface area (Å²) in [4.78, 5) is 17.9. The van der Waals surface area contributed by atoms with E-state index in [0.29, 0.717) is 0 Å². The lowest BCUT2D eigenvalue weighted by atomic mass is 10.1. The van der Waals surface area contributed by atoms with Crippen LogP contribution in [0.5, 0.6) is 0 Å². The summed E-state index contributed by atoms with van der Waals surface area (Å²) >= 11 is 11.1. The van der Waals surface area contributed by atoms with Crippen LogP contribution in [0.1, 0.15) is 15.3 Å². The number of thiophene rings is 1. The summed E-state index contributed by atoms with van der Waals surface area (Å²) < 4.78 is 0.769. The van der Waals surface area contributed by atoms with Gasteiger partial charge in [0.1, 0.15) is 0 Å². The molecule has 2 aromatic heterocycles. The van der Waals surface area contributed by atoms with Crippen LogP contribution in [-0.4, -0.2) is 9.97 Å². The third kappa shape index (κ3) is 2.13. The van der Waals surface area contributed by atoms with Crippen LogP contribution in [0.15, 0.2) is 35.1 Å². The predicted octanol–water partition coefficient (Wildman–Crippen LogP) is 4.06. The Morgan fingerprint density at radius 1 is 1.17 bits per heavy atom. The summed E-state index contributed by atoms with van der Waals surface area (Å²) in [5.41, 5.74) is 2.51. The van der Waals surface area contributed by atoms with Gasteiger partial charge in [0.15, 0.2) is 0 Å². The molecule has 0 spiro atoms. The topological polar surface area (TPSA) is 48.6 Å². The molecule has 0 aliphatic carbocycles. The fraction of sp³-hybridized carbons (Fsp3) is 0.0833. The smallest absolute Gasteiger partial charge is 0.306 e. The lowest BCUT2D eigenvalue weighted by Crippen LogP contribution is -1.99. The van der Waals surface area contributed by atoms with Crippen LogP contribution in [-0.2, 0) is 0 Å². The molecule has 0 aliphatic rings. The van der Waals surface area contributed by atoms with E-state index in [-0.39, 0.29) is 10.5 Å². The Labute approximate surface area is 120 Å². The van der Waals surface area contributed by atoms with E-state index in [1.807, 2.05) is 30.3 Å². The zero-order chi connectivity index (χ0) is 12.7. The monoisotopic (exact) mass is 342 g/mol. The molecule has 6 heteroatoms. The highest BCUT2D eigenvalue weighted by Crippen LogP contribution is 2.37. The summed E-state index contributed by atoms with van der Waals surface area (Å²) in [5, 5.41) is 0. The minimum atomic E-state index is -0.188. The van der Waals surface area contributed by atoms with Crippen LogP contribution in [0.2, 0.25) is 4.34 Å². The molecule has 0 saturated carbocycles. The maximum Gasteiger partial charge on any atom is 0.323 e. The number of aromatic amines is 2. The number of hydrogen-bond acceptors (Lipinski definition) is 2. The SMILES string of the molecule is O=c1[nH]c2ccc(C(Br)c3ccc(Cl)s3)cc2[nH]1. The maximum atomic E-state index is 11.2. The fourth-order valence-electron chi connectivity index (χ4n) is 1.84. The summed E-state index contributed by atoms with van der Waals surface area (Å²) in [5.74, 6) is 0. The molecule has 0 saturated heterocycles. The molecule has 3 nitrogen and oxygen atoms in total. The van der Waals surface area contributed by atoms with Crippen molar-refractivity contribution < 1.29 is 0 Å². The number of imidazole rings is 1. The average Bonchev–Trinajstić information content (AvgIpc) is 2.92. The second kappa shape index (κ2) is 4.57. The van der Waals surface area contributed by atoms with E-state index in [0.717, 1.165) is 25.8 Å². The molecule has 0 bridgehead atoms. The minimum Gasteiger partial charge on any atom is -0.306 e. The molecule has 3 aromatic rings. The third-order valence-electron chi connectivity index (χ3n) is 2.68. The van der Waals surface area contributed by atoms with Gasteiger partial charge in [0, 0.05) is 4.88 Å². The van der Waals surface area contributed by atoms with Crippen LogP contribution < -0.4 is 5.69 Å². The molecule has 0 amide bonds. The van der Waals surface area contributed by atoms with Crippen molar-refractivity contribution in [2.75, 3.05) is 0 Å². The molecule has 0 radical (unpaired) electrons. The lowest BCUT2D eigenvalue weighted by molar-refractivity contribution is 1.21. The molecule has 0 fully saturated rings. The summed E-state index contributed by atoms with van der Waals surface area (Å²) in [7, 11) is 0. The van der Waals surface area contributed by atoms with E-state index in [9.17, 15) is 4.79 Å². The highest BCUT2D eigenvalue weighted by Gasteiger charge is 2.13. The first-order valence-corrected chi connectivity index (χ1v) is 7.36. The standard InChI is InChI=1S/C12H8BrClN2OS/c13-11(9-3-4-10(14)18-9)6-1-2-7-8(5-6)16-12(17)15-7/h1-5,11H,(H2,15,16,17). The third-order valence-corrected chi connectivity index (χ3v) is 5.30. The summed E-state index contributed by atoms with van der Waals surface area (Å²) in [6, 6.07) is 9.72. The zero-order valence-corrected chi connectivity index (χ0v) is 12.2. The van der Waals surface area contributed by atoms with Crippen molar-refractivity contribution in [1.82, 2.24) is 9.97 Å². The highest BCUT2D eigenvalue weighted by molar-refractivity contribution is 9.09. The Hall–Kier alpha value is -1.04. The summed E-state index contributed by atoms with van der Waals surface area (Å²) in [6.07, 6.45) is 0. The number of rotatable bonds is 2. The number of H-pyrrole nitrogens is 2. The average molecular weight is 344 g/mol. The van der Waals surface area contributed by atoms with Gasteiger partial charge < -0.3 is 9.97 Å². The quantitative estimate of drug-likeness (QED) is 0.677. The van der Waals surface area contributed by atoms with E-state index < -0.39 is 0 Å². The van der Waals surface area contributed by atoms with E-state index in [4.69, 9.17) is 11.6 Å². The van der Waals surface area contributed by atoms with Crippen molar-refractivity contribution in [2.45, 2.75) is 4.83 Å². The maximum absolute atomic E-state index is 11.2. The summed E-state index contributed by atoms with van der Waals surface area (Å²) in [6.45, 7) is 0. The highest BCUT2D eigenvalue weighted by atomic mass is 79.9. The van der Waals surface area contributed by atoms with Gasteiger partial charge in [-0.2, -0.15) is 0 Å². The molecule has 0 aliphatic heterocycles. The Morgan fingerprint density at radius 2 is 1.94 bits per heavy atom. The number of fused-ring (bicyclic) bond motifs is 1. The molecule has 2 N–H and O–H groups in total. The molecule has 18 heavy (non-hydrogen) atoms. The number of halogens is 2. The van der Waals surface area contributed by atoms with Crippen molar-refractivity contribution in [3.63, 3.8) is 0 Å². The van der Waals surface area contributed by atoms with E-state index in [1.54, 1.807) is 11.3 Å². The van der Waals surface area contributed by atoms with E-state index >= 15 is 0 Å². The number of aromatic nitrogens is 2. The largest absolute Gasteiger partial charge is 0.323 e. The van der Waals surface area contributed by atoms with Gasteiger partial charge in [-0.05, 0) is 29.8 Å². The van der Waals surface area contributed by atoms with Crippen LogP contribution in [0.25, 0.3) is 11.0 Å². The normalized spacial score (nSPS) is 13.0. The van der Waals surface area contributed by atoms with Gasteiger partial charge in [-0.3, -0.25) is 0 Å². The number of hydrogen-bond donors (Lipinski definition) is 2. The Bertz CT molecular complexity index is 761. The Morgan fingerprint density at radius 3 is 2.67 bits per heavy atom. The van der Waals surface area contributed by atoms with Crippen LogP contribution in [0, 0.1) is 0 Å². The van der Waals surface area contributed by atoms with Gasteiger partial charge in [-0.25, -0.2) is 4.79 Å². The zero-order valence-electron chi connectivity index (χ0n) is 9.04. The first-order chi connectivity index (χ1) is 8.63. The molecule has 1 atom stereocenters. The Balaban J connectivity index is 2.05. The first-order valence-electron chi connectivity index (χ1n) is 5.25. The molecular weight excluding hydrogens is 336 g/mol. The second-order valence-corrected chi connectivity index (χ2v) is 6.55. The van der Waals surface area contributed by atoms with E-state index in [2.05, 4.69) is 25.9 Å². The Kier molecular flexibility index (Phi) is 3.05. The van der Waals surface area contributed by atoms with Gasteiger partial charge in [0.25, 0.3) is 0 Å². The lowest BCUT2D eigenvalue weighted by Gasteiger charge is -2.07. The van der Waals surface area contributed by atoms with Crippen molar-refractivity contribution in [2.24, 2.45) is 0 Å². The van der Waals surface area contributed by atoms with Crippen LogP contribution >= 0.6 is 38.9 Å². The van der Waals surface area contributed by atoms with Crippen molar-refractivity contribution in [1.29, 1.82) is 0 Å². The van der Waals surface area contributed by atoms with Crippen LogP contribution in [0.3, 0.4) is 0 Å². The van der Waals surface area contributed by atoms with E-state index in [1.165, 1.54) is 0 Å². The van der Waals surface area contributed by atoms with Gasteiger partial charge in [0.05, 0.1) is 20.2 Å².